The maximum Gasteiger partial charge on any atom is 0.151 e. The highest BCUT2D eigenvalue weighted by Crippen LogP contribution is 2.13. The van der Waals surface area contributed by atoms with Crippen molar-refractivity contribution in [1.29, 1.82) is 0 Å². The van der Waals surface area contributed by atoms with Crippen LogP contribution in [0.5, 0.6) is 0 Å². The van der Waals surface area contributed by atoms with E-state index in [0.717, 1.165) is 24.5 Å². The Hall–Kier alpha value is -0.880. The first-order valence-corrected chi connectivity index (χ1v) is 8.17. The molecule has 0 aromatic carbocycles. The summed E-state index contributed by atoms with van der Waals surface area (Å²) in [6.07, 6.45) is 0. The first kappa shape index (κ1) is 15.2. The standard InChI is InChI=1S/C12H23N3O2S/c1-5-13-9-12-10(3)14-15(11(12)4)7-8-18(16,17)6-2/h13H,5-9H2,1-4H3. The quantitative estimate of drug-likeness (QED) is 0.806. The zero-order valence-corrected chi connectivity index (χ0v) is 12.5. The fourth-order valence-electron chi connectivity index (χ4n) is 1.83. The number of nitrogens with one attached hydrogen (secondary N) is 1. The van der Waals surface area contributed by atoms with Gasteiger partial charge in [0.2, 0.25) is 0 Å². The Balaban J connectivity index is 2.79. The highest BCUT2D eigenvalue weighted by Gasteiger charge is 2.13. The van der Waals surface area contributed by atoms with Crippen molar-refractivity contribution in [3.63, 3.8) is 0 Å². The Labute approximate surface area is 109 Å². The Morgan fingerprint density at radius 2 is 1.94 bits per heavy atom. The second kappa shape index (κ2) is 6.33. The summed E-state index contributed by atoms with van der Waals surface area (Å²) >= 11 is 0. The molecule has 0 bridgehead atoms. The van der Waals surface area contributed by atoms with E-state index in [1.165, 1.54) is 5.56 Å². The molecule has 0 spiro atoms. The minimum Gasteiger partial charge on any atom is -0.313 e. The van der Waals surface area contributed by atoms with Crippen LogP contribution in [0.15, 0.2) is 0 Å². The third-order valence-electron chi connectivity index (χ3n) is 3.14. The summed E-state index contributed by atoms with van der Waals surface area (Å²) in [6.45, 7) is 9.82. The SMILES string of the molecule is CCNCc1c(C)nn(CCS(=O)(=O)CC)c1C. The Morgan fingerprint density at radius 3 is 2.50 bits per heavy atom. The number of hydrogen-bond donors (Lipinski definition) is 1. The Bertz CT molecular complexity index is 492. The number of sulfone groups is 1. The van der Waals surface area contributed by atoms with E-state index in [1.54, 1.807) is 11.6 Å². The molecule has 0 amide bonds. The van der Waals surface area contributed by atoms with Crippen molar-refractivity contribution in [2.24, 2.45) is 0 Å². The van der Waals surface area contributed by atoms with E-state index < -0.39 is 9.84 Å². The van der Waals surface area contributed by atoms with E-state index in [2.05, 4.69) is 17.3 Å². The minimum absolute atomic E-state index is 0.159. The summed E-state index contributed by atoms with van der Waals surface area (Å²) in [5.41, 5.74) is 3.20. The van der Waals surface area contributed by atoms with Crippen molar-refractivity contribution >= 4 is 9.84 Å². The van der Waals surface area contributed by atoms with Gasteiger partial charge < -0.3 is 5.32 Å². The first-order valence-electron chi connectivity index (χ1n) is 6.35. The molecule has 0 fully saturated rings. The van der Waals surface area contributed by atoms with Crippen LogP contribution in [0.3, 0.4) is 0 Å². The normalized spacial score (nSPS) is 12.0. The molecule has 5 nitrogen and oxygen atoms in total. The lowest BCUT2D eigenvalue weighted by Crippen LogP contribution is -2.17. The Kier molecular flexibility index (Phi) is 5.34. The number of aromatic nitrogens is 2. The van der Waals surface area contributed by atoms with Crippen LogP contribution in [-0.4, -0.2) is 36.2 Å². The molecular weight excluding hydrogens is 250 g/mol. The van der Waals surface area contributed by atoms with Crippen molar-refractivity contribution in [3.05, 3.63) is 17.0 Å². The number of rotatable bonds is 7. The smallest absolute Gasteiger partial charge is 0.151 e. The zero-order chi connectivity index (χ0) is 13.8. The lowest BCUT2D eigenvalue weighted by atomic mass is 10.2. The molecule has 1 aromatic rings. The summed E-state index contributed by atoms with van der Waals surface area (Å²) in [5.74, 6) is 0.350. The average Bonchev–Trinajstić information content (AvgIpc) is 2.60. The average molecular weight is 273 g/mol. The molecule has 1 rings (SSSR count). The maximum atomic E-state index is 11.5. The van der Waals surface area contributed by atoms with Crippen LogP contribution in [0.25, 0.3) is 0 Å². The molecule has 1 heterocycles. The molecule has 0 aliphatic carbocycles. The topological polar surface area (TPSA) is 64.0 Å². The van der Waals surface area contributed by atoms with Crippen LogP contribution in [-0.2, 0) is 22.9 Å². The fraction of sp³-hybridized carbons (Fsp3) is 0.750. The molecule has 1 N–H and O–H groups in total. The van der Waals surface area contributed by atoms with Gasteiger partial charge in [-0.05, 0) is 20.4 Å². The van der Waals surface area contributed by atoms with Crippen LogP contribution >= 0.6 is 0 Å². The van der Waals surface area contributed by atoms with Crippen LogP contribution < -0.4 is 5.32 Å². The lowest BCUT2D eigenvalue weighted by molar-refractivity contribution is 0.577. The molecule has 0 saturated heterocycles. The van der Waals surface area contributed by atoms with Gasteiger partial charge in [0.15, 0.2) is 9.84 Å². The van der Waals surface area contributed by atoms with Gasteiger partial charge in [0.25, 0.3) is 0 Å². The van der Waals surface area contributed by atoms with Gasteiger partial charge in [0.05, 0.1) is 18.0 Å². The molecule has 0 unspecified atom stereocenters. The molecular formula is C12H23N3O2S. The van der Waals surface area contributed by atoms with Crippen molar-refractivity contribution in [2.45, 2.75) is 40.8 Å². The third-order valence-corrected chi connectivity index (χ3v) is 4.82. The predicted molar refractivity (Wildman–Crippen MR) is 73.4 cm³/mol. The third kappa shape index (κ3) is 3.81. The summed E-state index contributed by atoms with van der Waals surface area (Å²) in [7, 11) is -2.93. The maximum absolute atomic E-state index is 11.5. The molecule has 0 saturated carbocycles. The summed E-state index contributed by atoms with van der Waals surface area (Å²) in [6, 6.07) is 0. The largest absolute Gasteiger partial charge is 0.313 e. The van der Waals surface area contributed by atoms with Gasteiger partial charge in [-0.1, -0.05) is 13.8 Å². The fourth-order valence-corrected chi connectivity index (χ4v) is 2.57. The highest BCUT2D eigenvalue weighted by molar-refractivity contribution is 7.91. The molecule has 1 aromatic heterocycles. The lowest BCUT2D eigenvalue weighted by Gasteiger charge is -2.06. The number of nitrogens with zero attached hydrogens (tertiary/aromatic N) is 2. The molecule has 0 atom stereocenters. The molecule has 0 aliphatic rings. The second-order valence-electron chi connectivity index (χ2n) is 4.39. The van der Waals surface area contributed by atoms with E-state index >= 15 is 0 Å². The second-order valence-corrected chi connectivity index (χ2v) is 6.86. The van der Waals surface area contributed by atoms with Crippen LogP contribution in [0.4, 0.5) is 0 Å². The number of aryl methyl sites for hydroxylation is 2. The molecule has 104 valence electrons. The van der Waals surface area contributed by atoms with Gasteiger partial charge in [0, 0.05) is 23.6 Å². The van der Waals surface area contributed by atoms with Crippen LogP contribution in [0.1, 0.15) is 30.8 Å². The monoisotopic (exact) mass is 273 g/mol. The van der Waals surface area contributed by atoms with Crippen LogP contribution in [0, 0.1) is 13.8 Å². The molecule has 18 heavy (non-hydrogen) atoms. The van der Waals surface area contributed by atoms with Crippen LogP contribution in [0.2, 0.25) is 0 Å². The van der Waals surface area contributed by atoms with Gasteiger partial charge in [0.1, 0.15) is 0 Å². The molecule has 0 radical (unpaired) electrons. The van der Waals surface area contributed by atoms with Crippen molar-refractivity contribution in [1.82, 2.24) is 15.1 Å². The van der Waals surface area contributed by atoms with Gasteiger partial charge >= 0.3 is 0 Å². The van der Waals surface area contributed by atoms with E-state index in [4.69, 9.17) is 0 Å². The van der Waals surface area contributed by atoms with Crippen molar-refractivity contribution < 1.29 is 8.42 Å². The van der Waals surface area contributed by atoms with E-state index in [1.807, 2.05) is 13.8 Å². The number of hydrogen-bond acceptors (Lipinski definition) is 4. The van der Waals surface area contributed by atoms with E-state index in [0.29, 0.717) is 6.54 Å². The van der Waals surface area contributed by atoms with Gasteiger partial charge in [-0.15, -0.1) is 0 Å². The van der Waals surface area contributed by atoms with Gasteiger partial charge in [-0.2, -0.15) is 5.10 Å². The van der Waals surface area contributed by atoms with Gasteiger partial charge in [-0.25, -0.2) is 8.42 Å². The van der Waals surface area contributed by atoms with Gasteiger partial charge in [-0.3, -0.25) is 4.68 Å². The summed E-state index contributed by atoms with van der Waals surface area (Å²) in [4.78, 5) is 0. The molecule has 6 heteroatoms. The van der Waals surface area contributed by atoms with Crippen molar-refractivity contribution in [3.8, 4) is 0 Å². The summed E-state index contributed by atoms with van der Waals surface area (Å²) in [5, 5.41) is 7.68. The molecule has 0 aliphatic heterocycles. The van der Waals surface area contributed by atoms with Crippen molar-refractivity contribution in [2.75, 3.05) is 18.1 Å². The van der Waals surface area contributed by atoms with E-state index in [-0.39, 0.29) is 11.5 Å². The Morgan fingerprint density at radius 1 is 1.28 bits per heavy atom. The zero-order valence-electron chi connectivity index (χ0n) is 11.7. The summed E-state index contributed by atoms with van der Waals surface area (Å²) < 4.78 is 24.8. The van der Waals surface area contributed by atoms with E-state index in [9.17, 15) is 8.42 Å². The highest BCUT2D eigenvalue weighted by atomic mass is 32.2. The minimum atomic E-state index is -2.93. The first-order chi connectivity index (χ1) is 8.41. The predicted octanol–water partition coefficient (Wildman–Crippen LogP) is 1.04.